The van der Waals surface area contributed by atoms with Crippen molar-refractivity contribution in [2.75, 3.05) is 6.16 Å². The van der Waals surface area contributed by atoms with E-state index in [0.29, 0.717) is 0 Å². The molecule has 0 saturated heterocycles. The molecule has 8 saturated carbocycles. The molecule has 0 aliphatic heterocycles. The smallest absolute Gasteiger partial charge is 0.0817 e. The third-order valence-electron chi connectivity index (χ3n) is 14.1. The monoisotopic (exact) mass is 658 g/mol. The van der Waals surface area contributed by atoms with Crippen molar-refractivity contribution in [1.82, 2.24) is 19.9 Å². The summed E-state index contributed by atoms with van der Waals surface area (Å²) in [5.41, 5.74) is 8.14. The van der Waals surface area contributed by atoms with Crippen LogP contribution < -0.4 is 0 Å². The molecule has 2 unspecified atom stereocenters. The molecule has 8 bridgehead atoms. The first kappa shape index (κ1) is 29.6. The zero-order chi connectivity index (χ0) is 31.1. The number of hydrogen-bond donors (Lipinski definition) is 0. The van der Waals surface area contributed by atoms with Gasteiger partial charge in [0.05, 0.1) is 16.5 Å². The van der Waals surface area contributed by atoms with E-state index in [9.17, 15) is 0 Å². The van der Waals surface area contributed by atoms with Crippen LogP contribution >= 0.6 is 17.2 Å². The molecule has 2 heterocycles. The Hall–Kier alpha value is -2.28. The summed E-state index contributed by atoms with van der Waals surface area (Å²) in [4.78, 5) is 19.2. The highest BCUT2D eigenvalue weighted by Crippen LogP contribution is 2.72. The second-order valence-corrected chi connectivity index (χ2v) is 20.2. The Bertz CT molecular complexity index is 1540. The molecule has 0 N–H and O–H groups in total. The quantitative estimate of drug-likeness (QED) is 0.227. The lowest BCUT2D eigenvalue weighted by Crippen LogP contribution is -2.53. The molecule has 1 aromatic carbocycles. The Morgan fingerprint density at radius 1 is 0.638 bits per heavy atom. The molecule has 0 spiro atoms. The van der Waals surface area contributed by atoms with Crippen molar-refractivity contribution in [1.29, 1.82) is 0 Å². The Kier molecular flexibility index (Phi) is 7.35. The molecule has 242 valence electrons. The highest BCUT2D eigenvalue weighted by Gasteiger charge is 2.57. The predicted octanol–water partition coefficient (Wildman–Crippen LogP) is 9.16. The number of rotatable bonds is 8. The lowest BCUT2D eigenvalue weighted by Gasteiger charge is -2.62. The number of hydrogen-bond acceptors (Lipinski definition) is 4. The maximum atomic E-state index is 4.98. The predicted molar refractivity (Wildman–Crippen MR) is 194 cm³/mol. The molecule has 9 aliphatic carbocycles. The standard InChI is InChI=1S/C41H48N4P2/c46-41(37-22-42-6-8-44-37,38-23-43-7-9-45-38)36-21-30(29-4-2-1-3-5-29)20-35(36)24-47(39-31-12-25-10-26(14-31)15-32(39)13-25)40-33-16-27-11-28(18-33)19-34(40)17-27/h1-9,20-23,25-28,31-34,36,39-40H,10-19,24,46H2. The summed E-state index contributed by atoms with van der Waals surface area (Å²) in [5.74, 6) is 8.19. The minimum absolute atomic E-state index is 0.134. The minimum Gasteiger partial charge on any atom is -0.261 e. The normalized spacial score (nSPS) is 38.8. The molecule has 2 atom stereocenters. The van der Waals surface area contributed by atoms with Crippen LogP contribution in [0.25, 0.3) is 5.57 Å². The van der Waals surface area contributed by atoms with Crippen molar-refractivity contribution in [3.63, 3.8) is 0 Å². The second kappa shape index (κ2) is 11.7. The summed E-state index contributed by atoms with van der Waals surface area (Å²) < 4.78 is 0. The van der Waals surface area contributed by atoms with Gasteiger partial charge in [-0.3, -0.25) is 19.9 Å². The van der Waals surface area contributed by atoms with Gasteiger partial charge in [-0.25, -0.2) is 0 Å². The van der Waals surface area contributed by atoms with Gasteiger partial charge in [0.15, 0.2) is 0 Å². The van der Waals surface area contributed by atoms with Crippen molar-refractivity contribution in [3.8, 4) is 0 Å². The summed E-state index contributed by atoms with van der Waals surface area (Å²) in [5, 5.41) is -0.542. The molecule has 0 amide bonds. The van der Waals surface area contributed by atoms with Crippen molar-refractivity contribution >= 4 is 22.7 Å². The molecule has 12 rings (SSSR count). The molecule has 8 fully saturated rings. The Labute approximate surface area is 284 Å². The zero-order valence-electron chi connectivity index (χ0n) is 27.4. The summed E-state index contributed by atoms with van der Waals surface area (Å²) in [7, 11) is 3.12. The SMILES string of the molecule is PC(c1cnccn1)(c1cnccn1)C1C=C(c2ccccc2)C=C1CP(C1C2CC3CC(C2)CC1C3)C1C2CC3CC(C2)CC1C3. The average Bonchev–Trinajstić information content (AvgIpc) is 3.52. The first-order valence-corrected chi connectivity index (χ1v) is 20.9. The molecule has 0 radical (unpaired) electrons. The lowest BCUT2D eigenvalue weighted by atomic mass is 9.55. The molecular formula is C41H48N4P2. The first-order valence-electron chi connectivity index (χ1n) is 18.7. The highest BCUT2D eigenvalue weighted by atomic mass is 31.1. The van der Waals surface area contributed by atoms with E-state index in [4.69, 9.17) is 9.97 Å². The van der Waals surface area contributed by atoms with Gasteiger partial charge in [-0.05, 0) is 140 Å². The van der Waals surface area contributed by atoms with E-state index in [1.54, 1.807) is 30.8 Å². The third kappa shape index (κ3) is 4.97. The minimum atomic E-state index is -0.542. The van der Waals surface area contributed by atoms with Crippen LogP contribution in [-0.4, -0.2) is 37.4 Å². The fourth-order valence-electron chi connectivity index (χ4n) is 13.0. The van der Waals surface area contributed by atoms with Gasteiger partial charge in [-0.2, -0.15) is 0 Å². The van der Waals surface area contributed by atoms with Gasteiger partial charge in [-0.1, -0.05) is 56.0 Å². The van der Waals surface area contributed by atoms with Crippen LogP contribution in [0, 0.1) is 53.3 Å². The molecule has 4 nitrogen and oxygen atoms in total. The number of benzene rings is 1. The highest BCUT2D eigenvalue weighted by molar-refractivity contribution is 7.59. The van der Waals surface area contributed by atoms with Gasteiger partial charge in [0, 0.05) is 43.1 Å². The largest absolute Gasteiger partial charge is 0.261 e. The lowest BCUT2D eigenvalue weighted by molar-refractivity contribution is 0.0131. The molecule has 3 aromatic rings. The zero-order valence-corrected chi connectivity index (χ0v) is 29.5. The van der Waals surface area contributed by atoms with E-state index in [1.165, 1.54) is 68.7 Å². The fourth-order valence-corrected chi connectivity index (χ4v) is 18.3. The first-order chi connectivity index (χ1) is 23.1. The van der Waals surface area contributed by atoms with E-state index in [0.717, 1.165) is 70.0 Å². The van der Waals surface area contributed by atoms with Gasteiger partial charge in [0.25, 0.3) is 0 Å². The summed E-state index contributed by atoms with van der Waals surface area (Å²) in [6.07, 6.45) is 33.0. The van der Waals surface area contributed by atoms with Crippen LogP contribution in [0.1, 0.15) is 81.2 Å². The third-order valence-corrected chi connectivity index (χ3v) is 19.0. The van der Waals surface area contributed by atoms with Crippen LogP contribution in [0.4, 0.5) is 0 Å². The van der Waals surface area contributed by atoms with Gasteiger partial charge in [0.1, 0.15) is 0 Å². The van der Waals surface area contributed by atoms with Crippen LogP contribution in [0.3, 0.4) is 0 Å². The van der Waals surface area contributed by atoms with Crippen molar-refractivity contribution in [3.05, 3.63) is 102 Å². The summed E-state index contributed by atoms with van der Waals surface area (Å²) in [6, 6.07) is 11.1. The maximum Gasteiger partial charge on any atom is 0.0817 e. The van der Waals surface area contributed by atoms with E-state index in [-0.39, 0.29) is 13.8 Å². The van der Waals surface area contributed by atoms with E-state index in [1.807, 2.05) is 24.8 Å². The van der Waals surface area contributed by atoms with Gasteiger partial charge in [0.2, 0.25) is 0 Å². The number of nitrogens with zero attached hydrogens (tertiary/aromatic N) is 4. The maximum absolute atomic E-state index is 4.98. The van der Waals surface area contributed by atoms with E-state index < -0.39 is 5.16 Å². The molecule has 47 heavy (non-hydrogen) atoms. The van der Waals surface area contributed by atoms with E-state index in [2.05, 4.69) is 61.7 Å². The van der Waals surface area contributed by atoms with Crippen LogP contribution in [-0.2, 0) is 5.16 Å². The molecule has 2 aromatic heterocycles. The average molecular weight is 659 g/mol. The topological polar surface area (TPSA) is 51.6 Å². The van der Waals surface area contributed by atoms with Crippen molar-refractivity contribution < 1.29 is 0 Å². The fraction of sp³-hybridized carbons (Fsp3) is 0.561. The Morgan fingerprint density at radius 3 is 1.57 bits per heavy atom. The molecular weight excluding hydrogens is 610 g/mol. The Morgan fingerprint density at radius 2 is 1.13 bits per heavy atom. The van der Waals surface area contributed by atoms with Gasteiger partial charge < -0.3 is 0 Å². The van der Waals surface area contributed by atoms with Gasteiger partial charge in [-0.15, -0.1) is 9.24 Å². The molecule has 6 heteroatoms. The van der Waals surface area contributed by atoms with Crippen LogP contribution in [0.5, 0.6) is 0 Å². The summed E-state index contributed by atoms with van der Waals surface area (Å²) >= 11 is 0. The Balaban J connectivity index is 1.10. The van der Waals surface area contributed by atoms with Crippen molar-refractivity contribution in [2.45, 2.75) is 80.7 Å². The summed E-state index contributed by atoms with van der Waals surface area (Å²) in [6.45, 7) is 0. The number of aromatic nitrogens is 4. The van der Waals surface area contributed by atoms with E-state index >= 15 is 0 Å². The van der Waals surface area contributed by atoms with Gasteiger partial charge >= 0.3 is 0 Å². The number of allylic oxidation sites excluding steroid dienone is 4. The molecule has 9 aliphatic rings. The second-order valence-electron chi connectivity index (χ2n) is 16.8. The van der Waals surface area contributed by atoms with Crippen LogP contribution in [0.15, 0.2) is 85.2 Å². The van der Waals surface area contributed by atoms with Crippen molar-refractivity contribution in [2.24, 2.45) is 53.3 Å². The van der Waals surface area contributed by atoms with Crippen LogP contribution in [0.2, 0.25) is 0 Å².